The lowest BCUT2D eigenvalue weighted by Crippen LogP contribution is -2.37. The minimum Gasteiger partial charge on any atom is -0.483 e. The van der Waals surface area contributed by atoms with E-state index in [4.69, 9.17) is 16.3 Å². The summed E-state index contributed by atoms with van der Waals surface area (Å²) in [7, 11) is 0. The molecule has 0 spiro atoms. The molecule has 0 unspecified atom stereocenters. The summed E-state index contributed by atoms with van der Waals surface area (Å²) in [5, 5.41) is 9.32. The van der Waals surface area contributed by atoms with Gasteiger partial charge in [0.2, 0.25) is 0 Å². The molecule has 32 heavy (non-hydrogen) atoms. The average Bonchev–Trinajstić information content (AvgIpc) is 2.73. The Morgan fingerprint density at radius 2 is 1.84 bits per heavy atom. The quantitative estimate of drug-likeness (QED) is 0.214. The molecule has 0 radical (unpaired) electrons. The fourth-order valence-corrected chi connectivity index (χ4v) is 3.50. The van der Waals surface area contributed by atoms with Gasteiger partial charge in [0.25, 0.3) is 5.91 Å². The zero-order chi connectivity index (χ0) is 23.7. The molecule has 0 aliphatic carbocycles. The third kappa shape index (κ3) is 7.51. The highest BCUT2D eigenvalue weighted by atomic mass is 79.9. The predicted octanol–water partition coefficient (Wildman–Crippen LogP) is 3.49. The molecule has 2 aromatic rings. The molecule has 2 aromatic carbocycles. The lowest BCUT2D eigenvalue weighted by molar-refractivity contribution is -0.139. The lowest BCUT2D eigenvalue weighted by atomic mass is 10.1. The van der Waals surface area contributed by atoms with Crippen LogP contribution in [0.1, 0.15) is 16.7 Å². The first kappa shape index (κ1) is 25.1. The van der Waals surface area contributed by atoms with Gasteiger partial charge in [-0.2, -0.15) is 5.10 Å². The SMILES string of the molecule is C=CCNC(=O)C(=O)N/N=C\c1cc(Cl)ccc1OCC(=O)Nc1c(C)cc(Br)cc1C. The first-order valence-electron chi connectivity index (χ1n) is 9.42. The largest absolute Gasteiger partial charge is 0.483 e. The van der Waals surface area contributed by atoms with E-state index in [-0.39, 0.29) is 19.1 Å². The Kier molecular flexibility index (Phi) is 9.42. The van der Waals surface area contributed by atoms with Crippen LogP contribution in [-0.4, -0.2) is 37.1 Å². The van der Waals surface area contributed by atoms with Crippen LogP contribution < -0.4 is 20.8 Å². The van der Waals surface area contributed by atoms with E-state index < -0.39 is 11.8 Å². The van der Waals surface area contributed by atoms with Gasteiger partial charge in [0, 0.05) is 27.3 Å². The van der Waals surface area contributed by atoms with Crippen LogP contribution in [0.5, 0.6) is 5.75 Å². The van der Waals surface area contributed by atoms with Gasteiger partial charge < -0.3 is 15.4 Å². The normalized spacial score (nSPS) is 10.5. The summed E-state index contributed by atoms with van der Waals surface area (Å²) in [6.07, 6.45) is 2.71. The smallest absolute Gasteiger partial charge is 0.329 e. The van der Waals surface area contributed by atoms with Gasteiger partial charge in [0.05, 0.1) is 6.21 Å². The Morgan fingerprint density at radius 3 is 2.50 bits per heavy atom. The second kappa shape index (κ2) is 12.0. The van der Waals surface area contributed by atoms with Crippen molar-refractivity contribution in [3.63, 3.8) is 0 Å². The molecule has 0 aliphatic rings. The topological polar surface area (TPSA) is 109 Å². The molecule has 0 saturated carbocycles. The number of ether oxygens (including phenoxy) is 1. The lowest BCUT2D eigenvalue weighted by Gasteiger charge is -2.13. The molecular weight excluding hydrogens is 500 g/mol. The molecule has 8 nitrogen and oxygen atoms in total. The summed E-state index contributed by atoms with van der Waals surface area (Å²) >= 11 is 9.45. The van der Waals surface area contributed by atoms with Crippen molar-refractivity contribution in [2.24, 2.45) is 5.10 Å². The van der Waals surface area contributed by atoms with Crippen molar-refractivity contribution in [2.75, 3.05) is 18.5 Å². The molecular formula is C22H22BrClN4O4. The van der Waals surface area contributed by atoms with Crippen molar-refractivity contribution >= 4 is 57.2 Å². The fraction of sp³-hybridized carbons (Fsp3) is 0.182. The van der Waals surface area contributed by atoms with Crippen LogP contribution in [0.2, 0.25) is 5.02 Å². The van der Waals surface area contributed by atoms with Crippen LogP contribution in [0.3, 0.4) is 0 Å². The number of carbonyl (C=O) groups excluding carboxylic acids is 3. The van der Waals surface area contributed by atoms with E-state index in [0.717, 1.165) is 21.3 Å². The van der Waals surface area contributed by atoms with E-state index in [1.165, 1.54) is 12.3 Å². The standard InChI is InChI=1S/C22H22BrClN4O4/c1-4-7-25-21(30)22(31)28-26-11-15-10-17(24)5-6-18(15)32-12-19(29)27-20-13(2)8-16(23)9-14(20)3/h4-6,8-11H,1,7,12H2,2-3H3,(H,25,30)(H,27,29)(H,28,31)/b26-11-. The zero-order valence-electron chi connectivity index (χ0n) is 17.5. The Morgan fingerprint density at radius 1 is 1.16 bits per heavy atom. The number of hydrazone groups is 1. The summed E-state index contributed by atoms with van der Waals surface area (Å²) in [6, 6.07) is 8.53. The highest BCUT2D eigenvalue weighted by Crippen LogP contribution is 2.25. The number of carbonyl (C=O) groups is 3. The zero-order valence-corrected chi connectivity index (χ0v) is 19.8. The van der Waals surface area contributed by atoms with E-state index in [2.05, 4.69) is 43.7 Å². The Hall–Kier alpha value is -3.17. The highest BCUT2D eigenvalue weighted by molar-refractivity contribution is 9.10. The molecule has 0 fully saturated rings. The van der Waals surface area contributed by atoms with Gasteiger partial charge in [0.15, 0.2) is 6.61 Å². The first-order chi connectivity index (χ1) is 15.2. The van der Waals surface area contributed by atoms with Crippen LogP contribution >= 0.6 is 27.5 Å². The van der Waals surface area contributed by atoms with Crippen molar-refractivity contribution in [3.05, 3.63) is 69.2 Å². The number of rotatable bonds is 8. The number of nitrogens with zero attached hydrogens (tertiary/aromatic N) is 1. The van der Waals surface area contributed by atoms with E-state index in [1.807, 2.05) is 26.0 Å². The number of anilines is 1. The van der Waals surface area contributed by atoms with Crippen molar-refractivity contribution in [1.82, 2.24) is 10.7 Å². The first-order valence-corrected chi connectivity index (χ1v) is 10.6. The van der Waals surface area contributed by atoms with E-state index in [1.54, 1.807) is 18.2 Å². The van der Waals surface area contributed by atoms with Gasteiger partial charge in [-0.25, -0.2) is 5.43 Å². The number of hydrogen-bond acceptors (Lipinski definition) is 5. The summed E-state index contributed by atoms with van der Waals surface area (Å²) in [5.41, 5.74) is 5.06. The van der Waals surface area contributed by atoms with Crippen LogP contribution in [-0.2, 0) is 14.4 Å². The van der Waals surface area contributed by atoms with Gasteiger partial charge in [-0.05, 0) is 55.3 Å². The molecule has 0 saturated heterocycles. The molecule has 168 valence electrons. The summed E-state index contributed by atoms with van der Waals surface area (Å²) in [4.78, 5) is 35.6. The van der Waals surface area contributed by atoms with Crippen molar-refractivity contribution in [3.8, 4) is 5.75 Å². The maximum Gasteiger partial charge on any atom is 0.329 e. The van der Waals surface area contributed by atoms with Crippen molar-refractivity contribution in [2.45, 2.75) is 13.8 Å². The molecule has 10 heteroatoms. The van der Waals surface area contributed by atoms with E-state index in [0.29, 0.717) is 16.3 Å². The second-order valence-electron chi connectivity index (χ2n) is 6.63. The van der Waals surface area contributed by atoms with Crippen LogP contribution in [0.15, 0.2) is 52.6 Å². The number of amides is 3. The average molecular weight is 522 g/mol. The van der Waals surface area contributed by atoms with Gasteiger partial charge in [0.1, 0.15) is 5.75 Å². The maximum absolute atomic E-state index is 12.4. The summed E-state index contributed by atoms with van der Waals surface area (Å²) < 4.78 is 6.54. The van der Waals surface area contributed by atoms with Gasteiger partial charge >= 0.3 is 11.8 Å². The third-order valence-electron chi connectivity index (χ3n) is 4.08. The number of halogens is 2. The van der Waals surface area contributed by atoms with Gasteiger partial charge in [-0.15, -0.1) is 6.58 Å². The molecule has 3 N–H and O–H groups in total. The summed E-state index contributed by atoms with van der Waals surface area (Å²) in [5.74, 6) is -1.81. The number of nitrogens with one attached hydrogen (secondary N) is 3. The van der Waals surface area contributed by atoms with E-state index in [9.17, 15) is 14.4 Å². The molecule has 0 heterocycles. The minimum absolute atomic E-state index is 0.156. The maximum atomic E-state index is 12.4. The summed E-state index contributed by atoms with van der Waals surface area (Å²) in [6.45, 7) is 7.14. The van der Waals surface area contributed by atoms with E-state index >= 15 is 0 Å². The number of benzene rings is 2. The Balaban J connectivity index is 2.02. The van der Waals surface area contributed by atoms with Crippen molar-refractivity contribution in [1.29, 1.82) is 0 Å². The molecule has 2 rings (SSSR count). The monoisotopic (exact) mass is 520 g/mol. The van der Waals surface area contributed by atoms with Crippen LogP contribution in [0.25, 0.3) is 0 Å². The molecule has 0 aliphatic heterocycles. The second-order valence-corrected chi connectivity index (χ2v) is 7.98. The van der Waals surface area contributed by atoms with Crippen LogP contribution in [0, 0.1) is 13.8 Å². The molecule has 0 aromatic heterocycles. The number of aryl methyl sites for hydroxylation is 2. The van der Waals surface area contributed by atoms with Gasteiger partial charge in [-0.3, -0.25) is 14.4 Å². The molecule has 0 atom stereocenters. The molecule has 3 amide bonds. The number of hydrogen-bond donors (Lipinski definition) is 3. The minimum atomic E-state index is -0.938. The molecule has 0 bridgehead atoms. The third-order valence-corrected chi connectivity index (χ3v) is 4.77. The predicted molar refractivity (Wildman–Crippen MR) is 128 cm³/mol. The van der Waals surface area contributed by atoms with Crippen molar-refractivity contribution < 1.29 is 19.1 Å². The highest BCUT2D eigenvalue weighted by Gasteiger charge is 2.12. The Bertz CT molecular complexity index is 1050. The Labute approximate surface area is 199 Å². The van der Waals surface area contributed by atoms with Crippen LogP contribution in [0.4, 0.5) is 5.69 Å². The fourth-order valence-electron chi connectivity index (χ4n) is 2.63. The van der Waals surface area contributed by atoms with Gasteiger partial charge in [-0.1, -0.05) is 33.6 Å².